The van der Waals surface area contributed by atoms with Gasteiger partial charge in [0.15, 0.2) is 0 Å². The summed E-state index contributed by atoms with van der Waals surface area (Å²) in [5, 5.41) is 38.5. The maximum Gasteiger partial charge on any atom is 0.235 e. The Hall–Kier alpha value is -1.28. The van der Waals surface area contributed by atoms with E-state index in [2.05, 4.69) is 13.8 Å². The number of aliphatic hydroxyl groups excluding tert-OH is 2. The lowest BCUT2D eigenvalue weighted by atomic mass is 10.0. The van der Waals surface area contributed by atoms with Crippen molar-refractivity contribution < 1.29 is 20.1 Å². The molecule has 8 heteroatoms. The third-order valence-electron chi connectivity index (χ3n) is 7.05. The number of nitrogens with zero attached hydrogens (tertiary/aromatic N) is 2. The fourth-order valence-electron chi connectivity index (χ4n) is 4.44. The highest BCUT2D eigenvalue weighted by molar-refractivity contribution is 4.56. The Kier molecular flexibility index (Phi) is 31.7. The first-order valence-electron chi connectivity index (χ1n) is 15.4. The number of aliphatic hydroxyl groups is 2. The molecule has 0 aromatic heterocycles. The van der Waals surface area contributed by atoms with Crippen LogP contribution in [0.3, 0.4) is 0 Å². The molecule has 0 aliphatic heterocycles. The number of hydrogen-bond donors (Lipinski definition) is 2. The van der Waals surface area contributed by atoms with Crippen LogP contribution in [0.4, 0.5) is 0 Å². The van der Waals surface area contributed by atoms with Crippen molar-refractivity contribution in [2.75, 3.05) is 13.2 Å². The molecule has 0 aliphatic rings. The maximum atomic E-state index is 10.5. The van der Waals surface area contributed by atoms with E-state index < -0.39 is 12.1 Å². The lowest BCUT2D eigenvalue weighted by molar-refractivity contribution is -0.526. The van der Waals surface area contributed by atoms with Gasteiger partial charge in [0.05, 0.1) is 0 Å². The average Bonchev–Trinajstić information content (AvgIpc) is 2.88. The van der Waals surface area contributed by atoms with Crippen LogP contribution < -0.4 is 0 Å². The van der Waals surface area contributed by atoms with Crippen LogP contribution in [0.1, 0.15) is 162 Å². The number of rotatable bonds is 27. The zero-order valence-electron chi connectivity index (χ0n) is 24.3. The van der Waals surface area contributed by atoms with E-state index in [1.165, 1.54) is 109 Å². The van der Waals surface area contributed by atoms with E-state index in [4.69, 9.17) is 10.2 Å². The average molecular weight is 533 g/mol. The van der Waals surface area contributed by atoms with Crippen molar-refractivity contribution in [3.8, 4) is 0 Å². The molecule has 0 saturated heterocycles. The van der Waals surface area contributed by atoms with Gasteiger partial charge in [-0.25, -0.2) is 0 Å². The second kappa shape index (κ2) is 30.9. The molecule has 0 aliphatic carbocycles. The first-order chi connectivity index (χ1) is 17.9. The van der Waals surface area contributed by atoms with Crippen molar-refractivity contribution >= 4 is 0 Å². The van der Waals surface area contributed by atoms with E-state index in [-0.39, 0.29) is 23.1 Å². The molecule has 0 aromatic carbocycles. The van der Waals surface area contributed by atoms with E-state index >= 15 is 0 Å². The first kappa shape index (κ1) is 37.9. The molecule has 2 N–H and O–H groups in total. The number of nitro groups is 2. The van der Waals surface area contributed by atoms with Crippen LogP contribution in [-0.2, 0) is 0 Å². The SMILES string of the molecule is CCCCCCCCCCC(CO)[N+](=O)[O-].CCCCCCCCCCCCCCCC(CO)[N+](=O)[O-]. The second-order valence-electron chi connectivity index (χ2n) is 10.5. The predicted molar refractivity (Wildman–Crippen MR) is 153 cm³/mol. The fourth-order valence-corrected chi connectivity index (χ4v) is 4.44. The summed E-state index contributed by atoms with van der Waals surface area (Å²) < 4.78 is 0. The highest BCUT2D eigenvalue weighted by Crippen LogP contribution is 2.14. The molecule has 0 saturated carbocycles. The molecule has 0 spiro atoms. The summed E-state index contributed by atoms with van der Waals surface area (Å²) in [6.45, 7) is 3.79. The van der Waals surface area contributed by atoms with Gasteiger partial charge in [-0.15, -0.1) is 0 Å². The van der Waals surface area contributed by atoms with Crippen LogP contribution >= 0.6 is 0 Å². The maximum absolute atomic E-state index is 10.5. The van der Waals surface area contributed by atoms with Crippen LogP contribution in [0.5, 0.6) is 0 Å². The zero-order chi connectivity index (χ0) is 28.0. The van der Waals surface area contributed by atoms with E-state index in [1.807, 2.05) is 0 Å². The molecule has 0 radical (unpaired) electrons. The zero-order valence-corrected chi connectivity index (χ0v) is 24.3. The minimum Gasteiger partial charge on any atom is -0.389 e. The Bertz CT molecular complexity index is 493. The fraction of sp³-hybridized carbons (Fsp3) is 1.00. The van der Waals surface area contributed by atoms with Crippen molar-refractivity contribution in [2.45, 2.75) is 174 Å². The van der Waals surface area contributed by atoms with Crippen molar-refractivity contribution in [2.24, 2.45) is 0 Å². The van der Waals surface area contributed by atoms with Crippen LogP contribution in [0.15, 0.2) is 0 Å². The Morgan fingerprint density at radius 1 is 0.459 bits per heavy atom. The Morgan fingerprint density at radius 3 is 0.865 bits per heavy atom. The van der Waals surface area contributed by atoms with Gasteiger partial charge in [-0.05, 0) is 12.8 Å². The van der Waals surface area contributed by atoms with Gasteiger partial charge in [0.25, 0.3) is 0 Å². The summed E-state index contributed by atoms with van der Waals surface area (Å²) in [5.41, 5.74) is 0. The van der Waals surface area contributed by atoms with E-state index in [9.17, 15) is 20.2 Å². The number of hydrogen-bond acceptors (Lipinski definition) is 6. The quantitative estimate of drug-likeness (QED) is 0.0622. The summed E-state index contributed by atoms with van der Waals surface area (Å²) in [6, 6.07) is -1.50. The minimum absolute atomic E-state index is 0.328. The molecule has 0 rings (SSSR count). The van der Waals surface area contributed by atoms with Gasteiger partial charge in [0, 0.05) is 22.7 Å². The van der Waals surface area contributed by atoms with Crippen molar-refractivity contribution in [3.63, 3.8) is 0 Å². The Labute approximate surface area is 227 Å². The molecule has 0 fully saturated rings. The molecule has 0 aromatic rings. The van der Waals surface area contributed by atoms with Gasteiger partial charge in [0.1, 0.15) is 13.2 Å². The predicted octanol–water partition coefficient (Wildman–Crippen LogP) is 8.26. The Balaban J connectivity index is 0. The van der Waals surface area contributed by atoms with Gasteiger partial charge in [0.2, 0.25) is 12.1 Å². The molecule has 2 atom stereocenters. The van der Waals surface area contributed by atoms with Crippen LogP contribution in [0.25, 0.3) is 0 Å². The molecule has 0 amide bonds. The topological polar surface area (TPSA) is 127 Å². The van der Waals surface area contributed by atoms with Crippen molar-refractivity contribution in [1.29, 1.82) is 0 Å². The van der Waals surface area contributed by atoms with E-state index in [0.717, 1.165) is 25.7 Å². The third kappa shape index (κ3) is 29.1. The van der Waals surface area contributed by atoms with Crippen LogP contribution in [0, 0.1) is 20.2 Å². The molecule has 0 bridgehead atoms. The highest BCUT2D eigenvalue weighted by Gasteiger charge is 2.18. The van der Waals surface area contributed by atoms with Gasteiger partial charge in [-0.3, -0.25) is 20.2 Å². The van der Waals surface area contributed by atoms with E-state index in [1.54, 1.807) is 0 Å². The van der Waals surface area contributed by atoms with Crippen LogP contribution in [-0.4, -0.2) is 45.4 Å². The molecule has 37 heavy (non-hydrogen) atoms. The molecular formula is C29H60N2O6. The van der Waals surface area contributed by atoms with Gasteiger partial charge in [-0.2, -0.15) is 0 Å². The Morgan fingerprint density at radius 2 is 0.676 bits per heavy atom. The molecular weight excluding hydrogens is 472 g/mol. The summed E-state index contributed by atoms with van der Waals surface area (Å²) in [6.07, 6.45) is 27.1. The third-order valence-corrected chi connectivity index (χ3v) is 7.05. The molecule has 222 valence electrons. The van der Waals surface area contributed by atoms with Crippen LogP contribution in [0.2, 0.25) is 0 Å². The smallest absolute Gasteiger partial charge is 0.235 e. The highest BCUT2D eigenvalue weighted by atomic mass is 16.6. The standard InChI is InChI=1S/C17H35NO3.C12H25NO3/c1-2-3-4-5-6-7-8-9-10-11-12-13-14-15-17(16-19)18(20)21;1-2-3-4-5-6-7-8-9-10-12(11-14)13(15)16/h17,19H,2-16H2,1H3;12,14H,2-11H2,1H3. The van der Waals surface area contributed by atoms with Crippen molar-refractivity contribution in [1.82, 2.24) is 0 Å². The lowest BCUT2D eigenvalue weighted by Gasteiger charge is -2.06. The summed E-state index contributed by atoms with van der Waals surface area (Å²) >= 11 is 0. The summed E-state index contributed by atoms with van der Waals surface area (Å²) in [7, 11) is 0. The molecule has 2 unspecified atom stereocenters. The lowest BCUT2D eigenvalue weighted by Crippen LogP contribution is -2.23. The van der Waals surface area contributed by atoms with E-state index in [0.29, 0.717) is 12.8 Å². The molecule has 0 heterocycles. The minimum atomic E-state index is -0.752. The second-order valence-corrected chi connectivity index (χ2v) is 10.5. The van der Waals surface area contributed by atoms with Gasteiger partial charge >= 0.3 is 0 Å². The van der Waals surface area contributed by atoms with Gasteiger partial charge < -0.3 is 10.2 Å². The van der Waals surface area contributed by atoms with Crippen molar-refractivity contribution in [3.05, 3.63) is 20.2 Å². The summed E-state index contributed by atoms with van der Waals surface area (Å²) in [4.78, 5) is 20.2. The normalized spacial score (nSPS) is 12.5. The monoisotopic (exact) mass is 532 g/mol. The summed E-state index contributed by atoms with van der Waals surface area (Å²) in [5.74, 6) is 0. The van der Waals surface area contributed by atoms with Gasteiger partial charge in [-0.1, -0.05) is 136 Å². The largest absolute Gasteiger partial charge is 0.389 e. The number of unbranched alkanes of at least 4 members (excludes halogenated alkanes) is 19. The molecule has 8 nitrogen and oxygen atoms in total. The first-order valence-corrected chi connectivity index (χ1v) is 15.4.